The predicted molar refractivity (Wildman–Crippen MR) is 87.4 cm³/mol. The first kappa shape index (κ1) is 16.0. The fourth-order valence-corrected chi connectivity index (χ4v) is 3.08. The van der Waals surface area contributed by atoms with Gasteiger partial charge in [0.2, 0.25) is 0 Å². The van der Waals surface area contributed by atoms with Gasteiger partial charge in [-0.05, 0) is 56.8 Å². The summed E-state index contributed by atoms with van der Waals surface area (Å²) in [6, 6.07) is 7.68. The van der Waals surface area contributed by atoms with Gasteiger partial charge in [-0.2, -0.15) is 0 Å². The van der Waals surface area contributed by atoms with Crippen molar-refractivity contribution in [2.45, 2.75) is 46.4 Å². The molecule has 0 aliphatic rings. The van der Waals surface area contributed by atoms with Gasteiger partial charge in [-0.3, -0.25) is 0 Å². The van der Waals surface area contributed by atoms with Crippen LogP contribution in [-0.2, 0) is 6.54 Å². The van der Waals surface area contributed by atoms with Gasteiger partial charge in [0.05, 0.1) is 12.6 Å². The summed E-state index contributed by atoms with van der Waals surface area (Å²) in [5.74, 6) is -0.269. The number of nitrogens with zero attached hydrogens (tertiary/aromatic N) is 1. The smallest absolute Gasteiger partial charge is 0.126 e. The molecule has 1 atom stereocenters. The average molecular weight is 307 g/mol. The molecule has 0 aliphatic carbocycles. The van der Waals surface area contributed by atoms with Crippen LogP contribution in [0.25, 0.3) is 0 Å². The van der Waals surface area contributed by atoms with Crippen molar-refractivity contribution >= 4 is 17.0 Å². The van der Waals surface area contributed by atoms with Crippen LogP contribution in [0.1, 0.15) is 42.9 Å². The summed E-state index contributed by atoms with van der Waals surface area (Å²) in [7, 11) is 0. The van der Waals surface area contributed by atoms with Gasteiger partial charge in [0.1, 0.15) is 5.82 Å². The normalized spacial score (nSPS) is 12.7. The molecule has 0 saturated carbocycles. The highest BCUT2D eigenvalue weighted by Crippen LogP contribution is 2.32. The molecule has 1 aromatic heterocycles. The maximum atomic E-state index is 13.8. The monoisotopic (exact) mass is 307 g/mol. The number of hydrogen-bond donors (Lipinski definition) is 1. The van der Waals surface area contributed by atoms with Gasteiger partial charge in [-0.1, -0.05) is 6.07 Å². The Hall–Kier alpha value is -1.39. The second-order valence-electron chi connectivity index (χ2n) is 5.64. The summed E-state index contributed by atoms with van der Waals surface area (Å²) in [5, 5.41) is 12.0. The molecule has 1 unspecified atom stereocenters. The van der Waals surface area contributed by atoms with E-state index in [1.807, 2.05) is 12.1 Å². The van der Waals surface area contributed by atoms with Crippen LogP contribution >= 0.6 is 11.3 Å². The second kappa shape index (κ2) is 6.58. The molecule has 4 heteroatoms. The molecule has 0 amide bonds. The topological polar surface area (TPSA) is 23.5 Å². The van der Waals surface area contributed by atoms with Crippen molar-refractivity contribution in [3.05, 3.63) is 51.5 Å². The zero-order valence-corrected chi connectivity index (χ0v) is 13.7. The molecule has 0 spiro atoms. The zero-order valence-electron chi connectivity index (χ0n) is 12.9. The molecule has 0 saturated heterocycles. The van der Waals surface area contributed by atoms with Crippen LogP contribution in [0, 0.1) is 12.7 Å². The van der Waals surface area contributed by atoms with E-state index in [0.29, 0.717) is 11.1 Å². The van der Waals surface area contributed by atoms with Crippen molar-refractivity contribution in [1.82, 2.24) is 0 Å². The van der Waals surface area contributed by atoms with Gasteiger partial charge in [-0.25, -0.2) is 4.39 Å². The number of hydrogen-bond acceptors (Lipinski definition) is 3. The van der Waals surface area contributed by atoms with E-state index in [-0.39, 0.29) is 11.9 Å². The van der Waals surface area contributed by atoms with Crippen LogP contribution in [0.3, 0.4) is 0 Å². The SMILES string of the molecule is Cc1cc(N(Cc2cccs2)C(C)C)c(C(C)O)cc1F. The van der Waals surface area contributed by atoms with Crippen LogP contribution in [0.4, 0.5) is 10.1 Å². The van der Waals surface area contributed by atoms with Crippen LogP contribution < -0.4 is 4.90 Å². The van der Waals surface area contributed by atoms with Crippen LogP contribution in [0.5, 0.6) is 0 Å². The van der Waals surface area contributed by atoms with Gasteiger partial charge >= 0.3 is 0 Å². The van der Waals surface area contributed by atoms with Gasteiger partial charge in [-0.15, -0.1) is 11.3 Å². The third-order valence-electron chi connectivity index (χ3n) is 3.60. The number of anilines is 1. The van der Waals surface area contributed by atoms with Crippen LogP contribution in [0.2, 0.25) is 0 Å². The van der Waals surface area contributed by atoms with Gasteiger partial charge in [0.25, 0.3) is 0 Å². The standard InChI is InChI=1S/C17H22FNOS/c1-11(2)19(10-14-6-5-7-21-14)17-8-12(3)16(18)9-15(17)13(4)20/h5-9,11,13,20H,10H2,1-4H3. The molecule has 0 aliphatic heterocycles. The lowest BCUT2D eigenvalue weighted by Crippen LogP contribution is -2.31. The van der Waals surface area contributed by atoms with Crippen molar-refractivity contribution in [2.75, 3.05) is 4.90 Å². The maximum Gasteiger partial charge on any atom is 0.126 e. The highest BCUT2D eigenvalue weighted by Gasteiger charge is 2.19. The van der Waals surface area contributed by atoms with E-state index in [1.54, 1.807) is 25.2 Å². The quantitative estimate of drug-likeness (QED) is 0.868. The fourth-order valence-electron chi connectivity index (χ4n) is 2.38. The van der Waals surface area contributed by atoms with E-state index in [2.05, 4.69) is 30.2 Å². The second-order valence-corrected chi connectivity index (χ2v) is 6.67. The lowest BCUT2D eigenvalue weighted by molar-refractivity contribution is 0.199. The third-order valence-corrected chi connectivity index (χ3v) is 4.46. The van der Waals surface area contributed by atoms with Crippen molar-refractivity contribution in [3.8, 4) is 0 Å². The van der Waals surface area contributed by atoms with E-state index in [9.17, 15) is 9.50 Å². The number of benzene rings is 1. The summed E-state index contributed by atoms with van der Waals surface area (Å²) in [4.78, 5) is 3.46. The molecule has 21 heavy (non-hydrogen) atoms. The number of aliphatic hydroxyl groups is 1. The minimum Gasteiger partial charge on any atom is -0.389 e. The molecule has 0 fully saturated rings. The minimum absolute atomic E-state index is 0.259. The molecule has 2 rings (SSSR count). The third kappa shape index (κ3) is 3.63. The largest absolute Gasteiger partial charge is 0.389 e. The first-order chi connectivity index (χ1) is 9.90. The number of aliphatic hydroxyl groups excluding tert-OH is 1. The Labute approximate surface area is 129 Å². The molecule has 1 N–H and O–H groups in total. The Bertz CT molecular complexity index is 593. The molecular weight excluding hydrogens is 285 g/mol. The number of rotatable bonds is 5. The Morgan fingerprint density at radius 2 is 2.00 bits per heavy atom. The van der Waals surface area contributed by atoms with Gasteiger partial charge in [0.15, 0.2) is 0 Å². The van der Waals surface area contributed by atoms with Crippen molar-refractivity contribution in [3.63, 3.8) is 0 Å². The molecule has 2 aromatic rings. The molecule has 0 radical (unpaired) electrons. The van der Waals surface area contributed by atoms with Crippen molar-refractivity contribution in [1.29, 1.82) is 0 Å². The molecule has 1 aromatic carbocycles. The number of thiophene rings is 1. The summed E-state index contributed by atoms with van der Waals surface area (Å²) in [6.07, 6.45) is -0.695. The summed E-state index contributed by atoms with van der Waals surface area (Å²) < 4.78 is 13.8. The lowest BCUT2D eigenvalue weighted by Gasteiger charge is -2.31. The van der Waals surface area contributed by atoms with Gasteiger partial charge < -0.3 is 10.0 Å². The lowest BCUT2D eigenvalue weighted by atomic mass is 10.0. The minimum atomic E-state index is -0.695. The Morgan fingerprint density at radius 1 is 1.29 bits per heavy atom. The molecular formula is C17H22FNOS. The maximum absolute atomic E-state index is 13.8. The first-order valence-electron chi connectivity index (χ1n) is 7.17. The van der Waals surface area contributed by atoms with Crippen molar-refractivity contribution < 1.29 is 9.50 Å². The summed E-state index contributed by atoms with van der Waals surface area (Å²) >= 11 is 1.71. The van der Waals surface area contributed by atoms with E-state index >= 15 is 0 Å². The van der Waals surface area contributed by atoms with Crippen LogP contribution in [-0.4, -0.2) is 11.1 Å². The Morgan fingerprint density at radius 3 is 2.52 bits per heavy atom. The number of aryl methyl sites for hydroxylation is 1. The average Bonchev–Trinajstić information content (AvgIpc) is 2.91. The molecule has 1 heterocycles. The van der Waals surface area contributed by atoms with E-state index in [0.717, 1.165) is 12.2 Å². The van der Waals surface area contributed by atoms with Crippen molar-refractivity contribution in [2.24, 2.45) is 0 Å². The Balaban J connectivity index is 2.46. The number of halogens is 1. The summed E-state index contributed by atoms with van der Waals surface area (Å²) in [6.45, 7) is 8.42. The Kier molecular flexibility index (Phi) is 5.01. The van der Waals surface area contributed by atoms with Gasteiger partial charge in [0, 0.05) is 22.2 Å². The van der Waals surface area contributed by atoms with E-state index in [4.69, 9.17) is 0 Å². The van der Waals surface area contributed by atoms with Crippen LogP contribution in [0.15, 0.2) is 29.6 Å². The highest BCUT2D eigenvalue weighted by molar-refractivity contribution is 7.09. The molecule has 2 nitrogen and oxygen atoms in total. The predicted octanol–water partition coefficient (Wildman–Crippen LogP) is 4.66. The highest BCUT2D eigenvalue weighted by atomic mass is 32.1. The summed E-state index contributed by atoms with van der Waals surface area (Å²) in [5.41, 5.74) is 2.15. The first-order valence-corrected chi connectivity index (χ1v) is 8.05. The molecule has 114 valence electrons. The molecule has 0 bridgehead atoms. The fraction of sp³-hybridized carbons (Fsp3) is 0.412. The zero-order chi connectivity index (χ0) is 15.6. The van der Waals surface area contributed by atoms with E-state index < -0.39 is 6.10 Å². The van der Waals surface area contributed by atoms with E-state index in [1.165, 1.54) is 10.9 Å².